The van der Waals surface area contributed by atoms with E-state index in [2.05, 4.69) is 30.9 Å². The van der Waals surface area contributed by atoms with Crippen molar-refractivity contribution in [3.05, 3.63) is 41.8 Å². The molecule has 1 radical (unpaired) electrons. The van der Waals surface area contributed by atoms with E-state index in [0.29, 0.717) is 0 Å². The molecule has 2 unspecified atom stereocenters. The van der Waals surface area contributed by atoms with Crippen LogP contribution in [0.5, 0.6) is 0 Å². The van der Waals surface area contributed by atoms with Crippen LogP contribution in [-0.4, -0.2) is 35.7 Å². The Morgan fingerprint density at radius 2 is 2.05 bits per heavy atom. The van der Waals surface area contributed by atoms with Gasteiger partial charge in [-0.25, -0.2) is 0 Å². The van der Waals surface area contributed by atoms with Crippen LogP contribution in [0.4, 0.5) is 0 Å². The first-order valence-corrected chi connectivity index (χ1v) is 7.37. The zero-order valence-corrected chi connectivity index (χ0v) is 12.2. The van der Waals surface area contributed by atoms with E-state index in [4.69, 9.17) is 0 Å². The van der Waals surface area contributed by atoms with Gasteiger partial charge in [0.05, 0.1) is 6.10 Å². The van der Waals surface area contributed by atoms with Crippen molar-refractivity contribution in [3.8, 4) is 0 Å². The molecule has 0 spiro atoms. The van der Waals surface area contributed by atoms with Crippen molar-refractivity contribution in [1.82, 2.24) is 4.90 Å². The molecule has 1 aromatic rings. The van der Waals surface area contributed by atoms with E-state index in [1.54, 1.807) is 0 Å². The van der Waals surface area contributed by atoms with Gasteiger partial charge in [-0.1, -0.05) is 44.2 Å². The molecule has 0 bridgehead atoms. The van der Waals surface area contributed by atoms with E-state index in [1.165, 1.54) is 24.3 Å². The van der Waals surface area contributed by atoms with Crippen LogP contribution in [0, 0.1) is 11.8 Å². The summed E-state index contributed by atoms with van der Waals surface area (Å²) in [6.07, 6.45) is 3.04. The average Bonchev–Trinajstić information content (AvgIpc) is 2.76. The minimum absolute atomic E-state index is 0.243. The molecule has 2 atom stereocenters. The minimum atomic E-state index is -0.243. The Morgan fingerprint density at radius 1 is 1.32 bits per heavy atom. The first-order valence-electron chi connectivity index (χ1n) is 7.37. The second kappa shape index (κ2) is 7.06. The molecule has 1 aliphatic rings. The van der Waals surface area contributed by atoms with Crippen LogP contribution in [-0.2, 0) is 6.42 Å². The third-order valence-electron chi connectivity index (χ3n) is 3.85. The molecule has 0 aromatic heterocycles. The molecular weight excluding hydrogens is 234 g/mol. The maximum absolute atomic E-state index is 10.2. The maximum atomic E-state index is 10.2. The highest BCUT2D eigenvalue weighted by Gasteiger charge is 2.24. The predicted octanol–water partition coefficient (Wildman–Crippen LogP) is 2.92. The van der Waals surface area contributed by atoms with Gasteiger partial charge in [0.25, 0.3) is 0 Å². The van der Waals surface area contributed by atoms with E-state index in [-0.39, 0.29) is 6.10 Å². The number of rotatable bonds is 6. The molecule has 0 saturated carbocycles. The van der Waals surface area contributed by atoms with E-state index >= 15 is 0 Å². The minimum Gasteiger partial charge on any atom is -0.391 e. The fourth-order valence-corrected chi connectivity index (χ4v) is 3.07. The van der Waals surface area contributed by atoms with Crippen molar-refractivity contribution in [2.75, 3.05) is 19.6 Å². The van der Waals surface area contributed by atoms with Crippen molar-refractivity contribution in [3.63, 3.8) is 0 Å². The Balaban J connectivity index is 1.73. The van der Waals surface area contributed by atoms with Crippen LogP contribution in [0.25, 0.3) is 0 Å². The van der Waals surface area contributed by atoms with E-state index < -0.39 is 0 Å². The van der Waals surface area contributed by atoms with Gasteiger partial charge >= 0.3 is 0 Å². The highest BCUT2D eigenvalue weighted by atomic mass is 16.3. The Kier molecular flexibility index (Phi) is 5.41. The van der Waals surface area contributed by atoms with Gasteiger partial charge < -0.3 is 10.0 Å². The first kappa shape index (κ1) is 14.5. The van der Waals surface area contributed by atoms with Gasteiger partial charge in [0.1, 0.15) is 0 Å². The standard InChI is InChI=1S/C17H26NO/c1-14(2)10-16-8-9-18(12-16)13-17(19)11-15-6-4-3-5-7-15/h3-7,16-17,19H,8-13H2,1-2H3. The molecule has 2 nitrogen and oxygen atoms in total. The Bertz CT molecular complexity index is 363. The van der Waals surface area contributed by atoms with Gasteiger partial charge in [-0.2, -0.15) is 0 Å². The third kappa shape index (κ3) is 4.96. The predicted molar refractivity (Wildman–Crippen MR) is 79.9 cm³/mol. The fraction of sp³-hybridized carbons (Fsp3) is 0.588. The van der Waals surface area contributed by atoms with Crippen molar-refractivity contribution in [1.29, 1.82) is 0 Å². The molecule has 1 aliphatic heterocycles. The van der Waals surface area contributed by atoms with Crippen molar-refractivity contribution >= 4 is 0 Å². The lowest BCUT2D eigenvalue weighted by atomic mass is 9.97. The molecule has 0 aliphatic carbocycles. The van der Waals surface area contributed by atoms with E-state index in [9.17, 15) is 5.11 Å². The van der Waals surface area contributed by atoms with Crippen LogP contribution < -0.4 is 0 Å². The number of likely N-dealkylation sites (tertiary alicyclic amines) is 1. The summed E-state index contributed by atoms with van der Waals surface area (Å²) in [6.45, 7) is 7.54. The number of nitrogens with zero attached hydrogens (tertiary/aromatic N) is 1. The van der Waals surface area contributed by atoms with Gasteiger partial charge in [0.15, 0.2) is 0 Å². The zero-order valence-electron chi connectivity index (χ0n) is 12.2. The summed E-state index contributed by atoms with van der Waals surface area (Å²) in [6, 6.07) is 10.3. The second-order valence-corrected chi connectivity index (χ2v) is 6.17. The van der Waals surface area contributed by atoms with Crippen LogP contribution in [0.3, 0.4) is 0 Å². The smallest absolute Gasteiger partial charge is 0.0707 e. The highest BCUT2D eigenvalue weighted by molar-refractivity contribution is 5.15. The van der Waals surface area contributed by atoms with Crippen molar-refractivity contribution < 1.29 is 5.11 Å². The van der Waals surface area contributed by atoms with Gasteiger partial charge in [-0.05, 0) is 43.2 Å². The molecular formula is C17H26NO. The lowest BCUT2D eigenvalue weighted by molar-refractivity contribution is 0.123. The SMILES string of the molecule is C[C](C)CC1CCN(CC(O)Cc2ccccc2)C1. The fourth-order valence-electron chi connectivity index (χ4n) is 3.07. The summed E-state index contributed by atoms with van der Waals surface area (Å²) >= 11 is 0. The monoisotopic (exact) mass is 260 g/mol. The normalized spacial score (nSPS) is 22.0. The first-order chi connectivity index (χ1) is 9.13. The van der Waals surface area contributed by atoms with Gasteiger partial charge in [0, 0.05) is 13.1 Å². The summed E-state index contributed by atoms with van der Waals surface area (Å²) in [5, 5.41) is 10.2. The Labute approximate surface area is 117 Å². The van der Waals surface area contributed by atoms with Crippen LogP contribution >= 0.6 is 0 Å². The number of benzene rings is 1. The van der Waals surface area contributed by atoms with Crippen LogP contribution in [0.2, 0.25) is 0 Å². The number of aliphatic hydroxyl groups excluding tert-OH is 1. The summed E-state index contributed by atoms with van der Waals surface area (Å²) in [4.78, 5) is 2.42. The molecule has 2 heteroatoms. The topological polar surface area (TPSA) is 23.5 Å². The number of aliphatic hydroxyl groups is 1. The molecule has 0 amide bonds. The van der Waals surface area contributed by atoms with Gasteiger partial charge in [-0.3, -0.25) is 0 Å². The third-order valence-corrected chi connectivity index (χ3v) is 3.85. The zero-order chi connectivity index (χ0) is 13.7. The van der Waals surface area contributed by atoms with E-state index in [0.717, 1.165) is 32.0 Å². The molecule has 1 N–H and O–H groups in total. The Hall–Kier alpha value is -0.860. The second-order valence-electron chi connectivity index (χ2n) is 6.17. The highest BCUT2D eigenvalue weighted by Crippen LogP contribution is 2.24. The Morgan fingerprint density at radius 3 is 2.74 bits per heavy atom. The molecule has 105 valence electrons. The van der Waals surface area contributed by atoms with Gasteiger partial charge in [-0.15, -0.1) is 0 Å². The molecule has 1 heterocycles. The quantitative estimate of drug-likeness (QED) is 0.850. The lowest BCUT2D eigenvalue weighted by Crippen LogP contribution is -2.32. The molecule has 1 fully saturated rings. The maximum Gasteiger partial charge on any atom is 0.0707 e. The van der Waals surface area contributed by atoms with Crippen molar-refractivity contribution in [2.24, 2.45) is 5.92 Å². The lowest BCUT2D eigenvalue weighted by Gasteiger charge is -2.20. The number of hydrogen-bond donors (Lipinski definition) is 1. The molecule has 1 aromatic carbocycles. The number of hydrogen-bond acceptors (Lipinski definition) is 2. The van der Waals surface area contributed by atoms with Crippen molar-refractivity contribution in [2.45, 2.75) is 39.2 Å². The summed E-state index contributed by atoms with van der Waals surface area (Å²) in [7, 11) is 0. The molecule has 19 heavy (non-hydrogen) atoms. The van der Waals surface area contributed by atoms with E-state index in [1.807, 2.05) is 18.2 Å². The number of β-amino-alcohol motifs (C(OH)–C–C–N with tert-alkyl or cyclic N) is 1. The van der Waals surface area contributed by atoms with Gasteiger partial charge in [0.2, 0.25) is 0 Å². The summed E-state index contributed by atoms with van der Waals surface area (Å²) < 4.78 is 0. The molecule has 1 saturated heterocycles. The molecule has 2 rings (SSSR count). The summed E-state index contributed by atoms with van der Waals surface area (Å²) in [5.74, 6) is 2.32. The van der Waals surface area contributed by atoms with Crippen LogP contribution in [0.15, 0.2) is 30.3 Å². The van der Waals surface area contributed by atoms with Crippen LogP contribution in [0.1, 0.15) is 32.3 Å². The largest absolute Gasteiger partial charge is 0.391 e. The average molecular weight is 260 g/mol. The summed E-state index contributed by atoms with van der Waals surface area (Å²) in [5.41, 5.74) is 1.23.